The smallest absolute Gasteiger partial charge is 0.0273 e. The maximum atomic E-state index is 5.12. The molecule has 0 unspecified atom stereocenters. The predicted octanol–water partition coefficient (Wildman–Crippen LogP) is 0.0358. The van der Waals surface area contributed by atoms with Crippen molar-refractivity contribution in [3.8, 4) is 0 Å². The van der Waals surface area contributed by atoms with Gasteiger partial charge < -0.3 is 10.7 Å². The van der Waals surface area contributed by atoms with E-state index in [9.17, 15) is 0 Å². The molecule has 0 saturated carbocycles. The molecule has 0 bridgehead atoms. The van der Waals surface area contributed by atoms with Crippen LogP contribution in [-0.4, -0.2) is 19.8 Å². The fourth-order valence-electron chi connectivity index (χ4n) is 0.204. The van der Waals surface area contributed by atoms with E-state index in [2.05, 4.69) is 4.99 Å². The van der Waals surface area contributed by atoms with Crippen molar-refractivity contribution >= 4 is 6.21 Å². The van der Waals surface area contributed by atoms with Gasteiger partial charge in [-0.1, -0.05) is 0 Å². The van der Waals surface area contributed by atoms with Crippen molar-refractivity contribution in [2.24, 2.45) is 10.7 Å². The van der Waals surface area contributed by atoms with Crippen LogP contribution >= 0.6 is 0 Å². The molecule has 2 nitrogen and oxygen atoms in total. The van der Waals surface area contributed by atoms with Gasteiger partial charge in [-0.15, -0.1) is 0 Å². The fourth-order valence-corrected chi connectivity index (χ4v) is 0.204. The molecule has 0 rings (SSSR count). The molecule has 36 valence electrons. The quantitative estimate of drug-likeness (QED) is 0.473. The summed E-state index contributed by atoms with van der Waals surface area (Å²) in [4.78, 5) is 3.72. The first-order valence-electron chi connectivity index (χ1n) is 2.02. The summed E-state index contributed by atoms with van der Waals surface area (Å²) in [5, 5.41) is 0. The molecule has 6 heavy (non-hydrogen) atoms. The minimum Gasteiger partial charge on any atom is -0.330 e. The summed E-state index contributed by atoms with van der Waals surface area (Å²) >= 11 is 0. The van der Waals surface area contributed by atoms with Crippen molar-refractivity contribution in [1.82, 2.24) is 0 Å². The van der Waals surface area contributed by atoms with Crippen LogP contribution in [0.3, 0.4) is 0 Å². The molecule has 0 radical (unpaired) electrons. The van der Waals surface area contributed by atoms with E-state index in [1.54, 1.807) is 13.3 Å². The Balaban J connectivity index is 2.66. The molecule has 0 aliphatic heterocycles. The lowest BCUT2D eigenvalue weighted by Crippen LogP contribution is -1.97. The second kappa shape index (κ2) is 4.63. The van der Waals surface area contributed by atoms with Gasteiger partial charge in [0, 0.05) is 7.05 Å². The molecular weight excluding hydrogens is 76.1 g/mol. The van der Waals surface area contributed by atoms with E-state index in [0.717, 1.165) is 6.42 Å². The van der Waals surface area contributed by atoms with Crippen LogP contribution in [0.25, 0.3) is 0 Å². The van der Waals surface area contributed by atoms with Crippen molar-refractivity contribution in [2.45, 2.75) is 6.42 Å². The molecule has 0 spiro atoms. The average Bonchev–Trinajstić information content (AvgIpc) is 1.61. The van der Waals surface area contributed by atoms with E-state index < -0.39 is 0 Å². The molecular formula is C4H10N2. The molecule has 0 aliphatic rings. The third-order valence-electron chi connectivity index (χ3n) is 0.478. The van der Waals surface area contributed by atoms with Gasteiger partial charge in [0.1, 0.15) is 0 Å². The summed E-state index contributed by atoms with van der Waals surface area (Å²) in [7, 11) is 1.75. The number of nitrogens with two attached hydrogens (primary N) is 1. The molecule has 0 heterocycles. The normalized spacial score (nSPS) is 10.3. The summed E-state index contributed by atoms with van der Waals surface area (Å²) < 4.78 is 0. The first-order chi connectivity index (χ1) is 2.91. The van der Waals surface area contributed by atoms with Gasteiger partial charge >= 0.3 is 0 Å². The SMILES string of the molecule is C/N=C\CCN. The van der Waals surface area contributed by atoms with Gasteiger partial charge in [0.15, 0.2) is 0 Å². The van der Waals surface area contributed by atoms with Crippen molar-refractivity contribution < 1.29 is 0 Å². The Labute approximate surface area is 38.1 Å². The van der Waals surface area contributed by atoms with E-state index >= 15 is 0 Å². The second-order valence-electron chi connectivity index (χ2n) is 1.02. The maximum Gasteiger partial charge on any atom is 0.0273 e. The van der Waals surface area contributed by atoms with E-state index in [0.29, 0.717) is 6.54 Å². The second-order valence-corrected chi connectivity index (χ2v) is 1.02. The Morgan fingerprint density at radius 2 is 2.50 bits per heavy atom. The van der Waals surface area contributed by atoms with E-state index in [1.165, 1.54) is 0 Å². The largest absolute Gasteiger partial charge is 0.330 e. The summed E-state index contributed by atoms with van der Waals surface area (Å²) in [6, 6.07) is 0. The van der Waals surface area contributed by atoms with Crippen molar-refractivity contribution in [3.05, 3.63) is 0 Å². The molecule has 0 aromatic heterocycles. The Hall–Kier alpha value is -0.370. The van der Waals surface area contributed by atoms with Crippen LogP contribution in [0.1, 0.15) is 6.42 Å². The number of hydrogen-bond donors (Lipinski definition) is 1. The van der Waals surface area contributed by atoms with Gasteiger partial charge in [0.05, 0.1) is 0 Å². The van der Waals surface area contributed by atoms with Crippen LogP contribution in [0.4, 0.5) is 0 Å². The molecule has 2 N–H and O–H groups in total. The predicted molar refractivity (Wildman–Crippen MR) is 28.1 cm³/mol. The third kappa shape index (κ3) is 3.63. The van der Waals surface area contributed by atoms with E-state index in [-0.39, 0.29) is 0 Å². The topological polar surface area (TPSA) is 38.4 Å². The standard InChI is InChI=1S/C4H10N2/c1-6-4-2-3-5/h4H,2-3,5H2,1H3/b6-4-. The number of nitrogens with zero attached hydrogens (tertiary/aromatic N) is 1. The highest BCUT2D eigenvalue weighted by atomic mass is 14.6. The lowest BCUT2D eigenvalue weighted by molar-refractivity contribution is 1.05. The summed E-state index contributed by atoms with van der Waals surface area (Å²) in [5.41, 5.74) is 5.12. The van der Waals surface area contributed by atoms with E-state index in [1.807, 2.05) is 0 Å². The first-order valence-corrected chi connectivity index (χ1v) is 2.02. The molecule has 0 fully saturated rings. The van der Waals surface area contributed by atoms with Crippen LogP contribution in [0.15, 0.2) is 4.99 Å². The Kier molecular flexibility index (Phi) is 4.34. The lowest BCUT2D eigenvalue weighted by Gasteiger charge is -1.77. The van der Waals surface area contributed by atoms with Crippen LogP contribution in [0, 0.1) is 0 Å². The van der Waals surface area contributed by atoms with Crippen LogP contribution < -0.4 is 5.73 Å². The van der Waals surface area contributed by atoms with Crippen molar-refractivity contribution in [3.63, 3.8) is 0 Å². The van der Waals surface area contributed by atoms with E-state index in [4.69, 9.17) is 5.73 Å². The number of hydrogen-bond acceptors (Lipinski definition) is 2. The van der Waals surface area contributed by atoms with Crippen LogP contribution in [-0.2, 0) is 0 Å². The summed E-state index contributed by atoms with van der Waals surface area (Å²) in [6.45, 7) is 0.706. The highest BCUT2D eigenvalue weighted by molar-refractivity contribution is 5.56. The zero-order chi connectivity index (χ0) is 4.83. The zero-order valence-electron chi connectivity index (χ0n) is 4.02. The number of aliphatic imine (C=N–C) groups is 1. The minimum absolute atomic E-state index is 0.706. The van der Waals surface area contributed by atoms with Gasteiger partial charge in [0.2, 0.25) is 0 Å². The summed E-state index contributed by atoms with van der Waals surface area (Å²) in [6.07, 6.45) is 2.70. The van der Waals surface area contributed by atoms with Gasteiger partial charge in [-0.05, 0) is 19.2 Å². The van der Waals surface area contributed by atoms with Crippen molar-refractivity contribution in [2.75, 3.05) is 13.6 Å². The molecule has 2 heteroatoms. The first kappa shape index (κ1) is 5.63. The lowest BCUT2D eigenvalue weighted by atomic mass is 10.5. The van der Waals surface area contributed by atoms with Gasteiger partial charge in [-0.25, -0.2) is 0 Å². The molecule has 0 aliphatic carbocycles. The Morgan fingerprint density at radius 3 is 2.67 bits per heavy atom. The van der Waals surface area contributed by atoms with Gasteiger partial charge in [-0.2, -0.15) is 0 Å². The molecule has 0 aromatic carbocycles. The van der Waals surface area contributed by atoms with Gasteiger partial charge in [-0.3, -0.25) is 0 Å². The fraction of sp³-hybridized carbons (Fsp3) is 0.750. The van der Waals surface area contributed by atoms with Crippen molar-refractivity contribution in [1.29, 1.82) is 0 Å². The molecule has 0 atom stereocenters. The van der Waals surface area contributed by atoms with Crippen LogP contribution in [0.2, 0.25) is 0 Å². The minimum atomic E-state index is 0.706. The maximum absolute atomic E-state index is 5.12. The Bertz CT molecular complexity index is 40.8. The third-order valence-corrected chi connectivity index (χ3v) is 0.478. The summed E-state index contributed by atoms with van der Waals surface area (Å²) in [5.74, 6) is 0. The monoisotopic (exact) mass is 86.1 g/mol. The highest BCUT2D eigenvalue weighted by Crippen LogP contribution is 1.61. The number of rotatable bonds is 2. The van der Waals surface area contributed by atoms with Crippen LogP contribution in [0.5, 0.6) is 0 Å². The van der Waals surface area contributed by atoms with Gasteiger partial charge in [0.25, 0.3) is 0 Å². The Morgan fingerprint density at radius 1 is 1.83 bits per heavy atom. The zero-order valence-corrected chi connectivity index (χ0v) is 4.02. The molecule has 0 aromatic rings. The molecule has 0 saturated heterocycles. The highest BCUT2D eigenvalue weighted by Gasteiger charge is 1.65. The average molecular weight is 86.1 g/mol. The molecule has 0 amide bonds.